The summed E-state index contributed by atoms with van der Waals surface area (Å²) in [6.07, 6.45) is 2.11. The number of nitrogens with zero attached hydrogens (tertiary/aromatic N) is 4. The standard InChI is InChI=1S/C16H27N5O.ClH/c1-12-14(13(2)19(3)18-12)11-20-7-9-21(10-8-20)16(22)15-5-4-6-17-15;/h15,17H,4-11H2,1-3H3;1H/t15-;/m0./s1. The van der Waals surface area contributed by atoms with Gasteiger partial charge < -0.3 is 10.2 Å². The molecular formula is C16H28ClN5O. The van der Waals surface area contributed by atoms with Crippen molar-refractivity contribution in [2.24, 2.45) is 7.05 Å². The van der Waals surface area contributed by atoms with Gasteiger partial charge in [-0.25, -0.2) is 0 Å². The van der Waals surface area contributed by atoms with Crippen molar-refractivity contribution in [1.29, 1.82) is 0 Å². The lowest BCUT2D eigenvalue weighted by Crippen LogP contribution is -2.52. The highest BCUT2D eigenvalue weighted by Crippen LogP contribution is 2.17. The van der Waals surface area contributed by atoms with Crippen LogP contribution in [-0.4, -0.2) is 64.3 Å². The molecule has 23 heavy (non-hydrogen) atoms. The van der Waals surface area contributed by atoms with E-state index in [1.165, 1.54) is 11.3 Å². The molecule has 2 fully saturated rings. The van der Waals surface area contributed by atoms with Crippen molar-refractivity contribution in [3.63, 3.8) is 0 Å². The first-order chi connectivity index (χ1) is 10.6. The fraction of sp³-hybridized carbons (Fsp3) is 0.750. The Morgan fingerprint density at radius 3 is 2.48 bits per heavy atom. The molecule has 2 aliphatic rings. The Hall–Kier alpha value is -1.11. The van der Waals surface area contributed by atoms with Gasteiger partial charge in [-0.05, 0) is 33.2 Å². The number of rotatable bonds is 3. The first kappa shape index (κ1) is 18.2. The van der Waals surface area contributed by atoms with E-state index in [0.717, 1.165) is 57.8 Å². The van der Waals surface area contributed by atoms with Crippen LogP contribution < -0.4 is 5.32 Å². The van der Waals surface area contributed by atoms with Crippen LogP contribution in [0.4, 0.5) is 0 Å². The first-order valence-electron chi connectivity index (χ1n) is 8.30. The maximum Gasteiger partial charge on any atom is 0.239 e. The highest BCUT2D eigenvalue weighted by atomic mass is 35.5. The van der Waals surface area contributed by atoms with Gasteiger partial charge in [0.2, 0.25) is 5.91 Å². The average Bonchev–Trinajstić information content (AvgIpc) is 3.12. The monoisotopic (exact) mass is 341 g/mol. The second kappa shape index (κ2) is 7.64. The smallest absolute Gasteiger partial charge is 0.239 e. The Bertz CT molecular complexity index is 545. The van der Waals surface area contributed by atoms with E-state index in [1.54, 1.807) is 0 Å². The Morgan fingerprint density at radius 1 is 1.26 bits per heavy atom. The number of nitrogens with one attached hydrogen (secondary N) is 1. The van der Waals surface area contributed by atoms with Crippen molar-refractivity contribution in [1.82, 2.24) is 24.9 Å². The van der Waals surface area contributed by atoms with Gasteiger partial charge in [-0.15, -0.1) is 12.4 Å². The maximum atomic E-state index is 12.4. The van der Waals surface area contributed by atoms with Crippen molar-refractivity contribution in [3.05, 3.63) is 17.0 Å². The molecule has 0 radical (unpaired) electrons. The van der Waals surface area contributed by atoms with E-state index in [-0.39, 0.29) is 18.4 Å². The molecule has 2 aliphatic heterocycles. The largest absolute Gasteiger partial charge is 0.339 e. The van der Waals surface area contributed by atoms with E-state index in [1.807, 2.05) is 16.6 Å². The minimum absolute atomic E-state index is 0. The highest BCUT2D eigenvalue weighted by molar-refractivity contribution is 5.85. The summed E-state index contributed by atoms with van der Waals surface area (Å²) in [5, 5.41) is 7.80. The summed E-state index contributed by atoms with van der Waals surface area (Å²) in [6.45, 7) is 9.71. The number of amides is 1. The predicted octanol–water partition coefficient (Wildman–Crippen LogP) is 0.855. The van der Waals surface area contributed by atoms with Gasteiger partial charge in [-0.1, -0.05) is 0 Å². The SMILES string of the molecule is Cc1nn(C)c(C)c1CN1CCN(C(=O)[C@@H]2CCCN2)CC1.Cl. The van der Waals surface area contributed by atoms with Crippen LogP contribution in [0, 0.1) is 13.8 Å². The lowest BCUT2D eigenvalue weighted by Gasteiger charge is -2.36. The molecule has 0 bridgehead atoms. The van der Waals surface area contributed by atoms with Gasteiger partial charge >= 0.3 is 0 Å². The van der Waals surface area contributed by atoms with E-state index in [4.69, 9.17) is 0 Å². The summed E-state index contributed by atoms with van der Waals surface area (Å²) in [7, 11) is 2.00. The molecule has 0 unspecified atom stereocenters. The van der Waals surface area contributed by atoms with Crippen LogP contribution in [0.3, 0.4) is 0 Å². The van der Waals surface area contributed by atoms with E-state index >= 15 is 0 Å². The number of hydrogen-bond acceptors (Lipinski definition) is 4. The molecule has 1 aromatic rings. The second-order valence-electron chi connectivity index (χ2n) is 6.52. The van der Waals surface area contributed by atoms with Crippen LogP contribution >= 0.6 is 12.4 Å². The van der Waals surface area contributed by atoms with E-state index in [9.17, 15) is 4.79 Å². The summed E-state index contributed by atoms with van der Waals surface area (Å²) in [5.41, 5.74) is 3.69. The Morgan fingerprint density at radius 2 is 1.96 bits per heavy atom. The maximum absolute atomic E-state index is 12.4. The van der Waals surface area contributed by atoms with Crippen molar-refractivity contribution < 1.29 is 4.79 Å². The zero-order valence-electron chi connectivity index (χ0n) is 14.3. The quantitative estimate of drug-likeness (QED) is 0.886. The third-order valence-corrected chi connectivity index (χ3v) is 5.08. The number of carbonyl (C=O) groups excluding carboxylic acids is 1. The lowest BCUT2D eigenvalue weighted by molar-refractivity contribution is -0.134. The van der Waals surface area contributed by atoms with Crippen LogP contribution in [0.2, 0.25) is 0 Å². The molecular weight excluding hydrogens is 314 g/mol. The van der Waals surface area contributed by atoms with Gasteiger partial charge in [0.1, 0.15) is 0 Å². The van der Waals surface area contributed by atoms with E-state index < -0.39 is 0 Å². The molecule has 1 atom stereocenters. The number of piperazine rings is 1. The first-order valence-corrected chi connectivity index (χ1v) is 8.30. The van der Waals surface area contributed by atoms with E-state index in [2.05, 4.69) is 29.2 Å². The molecule has 130 valence electrons. The topological polar surface area (TPSA) is 53.4 Å². The molecule has 1 N–H and O–H groups in total. The van der Waals surface area contributed by atoms with Crippen LogP contribution in [0.5, 0.6) is 0 Å². The second-order valence-corrected chi connectivity index (χ2v) is 6.52. The Kier molecular flexibility index (Phi) is 6.06. The molecule has 0 aromatic carbocycles. The number of hydrogen-bond donors (Lipinski definition) is 1. The van der Waals surface area contributed by atoms with Crippen LogP contribution in [-0.2, 0) is 18.4 Å². The van der Waals surface area contributed by atoms with Gasteiger partial charge in [-0.2, -0.15) is 5.10 Å². The normalized spacial score (nSPS) is 22.2. The fourth-order valence-corrected chi connectivity index (χ4v) is 3.51. The minimum atomic E-state index is 0. The Labute approximate surface area is 144 Å². The molecule has 1 amide bonds. The summed E-state index contributed by atoms with van der Waals surface area (Å²) in [6, 6.07) is 0.0642. The molecule has 1 aromatic heterocycles. The van der Waals surface area contributed by atoms with Crippen molar-refractivity contribution in [2.45, 2.75) is 39.3 Å². The summed E-state index contributed by atoms with van der Waals surface area (Å²) < 4.78 is 1.95. The van der Waals surface area contributed by atoms with Crippen molar-refractivity contribution in [2.75, 3.05) is 32.7 Å². The van der Waals surface area contributed by atoms with Gasteiger partial charge in [0.15, 0.2) is 0 Å². The van der Waals surface area contributed by atoms with E-state index in [0.29, 0.717) is 5.91 Å². The summed E-state index contributed by atoms with van der Waals surface area (Å²) >= 11 is 0. The average molecular weight is 342 g/mol. The number of halogens is 1. The van der Waals surface area contributed by atoms with Crippen LogP contribution in [0.1, 0.15) is 29.8 Å². The Balaban J connectivity index is 0.00000192. The third-order valence-electron chi connectivity index (χ3n) is 5.08. The molecule has 0 spiro atoms. The van der Waals surface area contributed by atoms with Gasteiger partial charge in [0, 0.05) is 51.0 Å². The zero-order valence-corrected chi connectivity index (χ0v) is 15.2. The fourth-order valence-electron chi connectivity index (χ4n) is 3.51. The molecule has 0 saturated carbocycles. The van der Waals surface area contributed by atoms with Gasteiger partial charge in [-0.3, -0.25) is 14.4 Å². The molecule has 0 aliphatic carbocycles. The molecule has 2 saturated heterocycles. The van der Waals surface area contributed by atoms with Crippen molar-refractivity contribution >= 4 is 18.3 Å². The third kappa shape index (κ3) is 3.87. The molecule has 3 heterocycles. The van der Waals surface area contributed by atoms with Gasteiger partial charge in [0.05, 0.1) is 11.7 Å². The van der Waals surface area contributed by atoms with Crippen LogP contribution in [0.25, 0.3) is 0 Å². The van der Waals surface area contributed by atoms with Gasteiger partial charge in [0.25, 0.3) is 0 Å². The number of carbonyl (C=O) groups is 1. The highest BCUT2D eigenvalue weighted by Gasteiger charge is 2.29. The lowest BCUT2D eigenvalue weighted by atomic mass is 10.1. The number of aryl methyl sites for hydroxylation is 2. The molecule has 7 heteroatoms. The molecule has 6 nitrogen and oxygen atoms in total. The zero-order chi connectivity index (χ0) is 15.7. The minimum Gasteiger partial charge on any atom is -0.339 e. The summed E-state index contributed by atoms with van der Waals surface area (Å²) in [4.78, 5) is 16.9. The van der Waals surface area contributed by atoms with Crippen molar-refractivity contribution in [3.8, 4) is 0 Å². The molecule has 3 rings (SSSR count). The predicted molar refractivity (Wildman–Crippen MR) is 92.8 cm³/mol. The van der Waals surface area contributed by atoms with Crippen LogP contribution in [0.15, 0.2) is 0 Å². The number of aromatic nitrogens is 2. The summed E-state index contributed by atoms with van der Waals surface area (Å²) in [5.74, 6) is 0.297.